The third kappa shape index (κ3) is 3.68. The van der Waals surface area contributed by atoms with Crippen molar-refractivity contribution in [2.45, 2.75) is 6.92 Å². The Hall–Kier alpha value is -3.34. The molecule has 0 bridgehead atoms. The van der Waals surface area contributed by atoms with Gasteiger partial charge in [-0.05, 0) is 41.5 Å². The van der Waals surface area contributed by atoms with Crippen LogP contribution in [0.2, 0.25) is 0 Å². The number of carbonyl (C=O) groups is 2. The van der Waals surface area contributed by atoms with Crippen LogP contribution in [0.15, 0.2) is 60.7 Å². The zero-order chi connectivity index (χ0) is 20.4. The maximum Gasteiger partial charge on any atom is 0.254 e. The van der Waals surface area contributed by atoms with Crippen molar-refractivity contribution in [1.82, 2.24) is 9.80 Å². The molecule has 0 aliphatic carbocycles. The standard InChI is InChI=1S/C24H24N2O3/c1-17-10-11-19(16-22(17)29-2)23(27)25-12-14-26(15-13-25)24(28)21-9-5-7-18-6-3-4-8-20(18)21/h3-11,16H,12-15H2,1-2H3. The predicted octanol–water partition coefficient (Wildman–Crippen LogP) is 3.76. The number of fused-ring (bicyclic) bond motifs is 1. The van der Waals surface area contributed by atoms with Gasteiger partial charge in [0.05, 0.1) is 7.11 Å². The average Bonchev–Trinajstić information content (AvgIpc) is 2.78. The summed E-state index contributed by atoms with van der Waals surface area (Å²) in [6, 6.07) is 19.2. The van der Waals surface area contributed by atoms with E-state index in [4.69, 9.17) is 4.74 Å². The zero-order valence-electron chi connectivity index (χ0n) is 16.7. The summed E-state index contributed by atoms with van der Waals surface area (Å²) >= 11 is 0. The molecule has 0 radical (unpaired) electrons. The summed E-state index contributed by atoms with van der Waals surface area (Å²) in [7, 11) is 1.61. The van der Waals surface area contributed by atoms with E-state index in [0.717, 1.165) is 16.3 Å². The van der Waals surface area contributed by atoms with E-state index >= 15 is 0 Å². The SMILES string of the molecule is COc1cc(C(=O)N2CCN(C(=O)c3cccc4ccccc34)CC2)ccc1C. The highest BCUT2D eigenvalue weighted by molar-refractivity contribution is 6.07. The van der Waals surface area contributed by atoms with Crippen LogP contribution in [0.25, 0.3) is 10.8 Å². The molecule has 29 heavy (non-hydrogen) atoms. The fourth-order valence-corrected chi connectivity index (χ4v) is 3.83. The second-order valence-corrected chi connectivity index (χ2v) is 7.30. The molecule has 3 aromatic rings. The number of hydrogen-bond donors (Lipinski definition) is 0. The Morgan fingerprint density at radius 2 is 1.48 bits per heavy atom. The van der Waals surface area contributed by atoms with Crippen molar-refractivity contribution in [2.24, 2.45) is 0 Å². The summed E-state index contributed by atoms with van der Waals surface area (Å²) in [6.45, 7) is 4.04. The van der Waals surface area contributed by atoms with Crippen molar-refractivity contribution >= 4 is 22.6 Å². The van der Waals surface area contributed by atoms with Gasteiger partial charge < -0.3 is 14.5 Å². The maximum atomic E-state index is 13.1. The molecule has 4 rings (SSSR count). The molecule has 0 unspecified atom stereocenters. The van der Waals surface area contributed by atoms with Crippen molar-refractivity contribution < 1.29 is 14.3 Å². The van der Waals surface area contributed by atoms with E-state index in [1.807, 2.05) is 66.4 Å². The minimum atomic E-state index is -0.0273. The number of hydrogen-bond acceptors (Lipinski definition) is 3. The Morgan fingerprint density at radius 3 is 2.21 bits per heavy atom. The fraction of sp³-hybridized carbons (Fsp3) is 0.250. The van der Waals surface area contributed by atoms with Gasteiger partial charge in [-0.15, -0.1) is 0 Å². The molecule has 148 valence electrons. The first kappa shape index (κ1) is 19.0. The molecule has 0 saturated carbocycles. The molecule has 1 fully saturated rings. The summed E-state index contributed by atoms with van der Waals surface area (Å²) in [6.07, 6.45) is 0. The second kappa shape index (κ2) is 7.95. The van der Waals surface area contributed by atoms with Crippen LogP contribution in [-0.4, -0.2) is 54.9 Å². The third-order valence-corrected chi connectivity index (χ3v) is 5.53. The molecule has 1 saturated heterocycles. The first-order valence-electron chi connectivity index (χ1n) is 9.79. The molecule has 5 heteroatoms. The molecule has 5 nitrogen and oxygen atoms in total. The lowest BCUT2D eigenvalue weighted by Crippen LogP contribution is -2.50. The second-order valence-electron chi connectivity index (χ2n) is 7.30. The zero-order valence-corrected chi connectivity index (χ0v) is 16.7. The fourth-order valence-electron chi connectivity index (χ4n) is 3.83. The molecule has 1 aliphatic rings. The predicted molar refractivity (Wildman–Crippen MR) is 113 cm³/mol. The molecule has 3 aromatic carbocycles. The summed E-state index contributed by atoms with van der Waals surface area (Å²) in [5, 5.41) is 2.02. The van der Waals surface area contributed by atoms with Gasteiger partial charge >= 0.3 is 0 Å². The molecule has 0 atom stereocenters. The molecular weight excluding hydrogens is 364 g/mol. The van der Waals surface area contributed by atoms with E-state index in [9.17, 15) is 9.59 Å². The van der Waals surface area contributed by atoms with Gasteiger partial charge in [0, 0.05) is 37.3 Å². The van der Waals surface area contributed by atoms with E-state index in [-0.39, 0.29) is 11.8 Å². The first-order valence-corrected chi connectivity index (χ1v) is 9.79. The number of amides is 2. The summed E-state index contributed by atoms with van der Waals surface area (Å²) in [5.41, 5.74) is 2.32. The quantitative estimate of drug-likeness (QED) is 0.687. The number of methoxy groups -OCH3 is 1. The van der Waals surface area contributed by atoms with Crippen LogP contribution in [0.5, 0.6) is 5.75 Å². The first-order chi connectivity index (χ1) is 14.1. The monoisotopic (exact) mass is 388 g/mol. The largest absolute Gasteiger partial charge is 0.496 e. The van der Waals surface area contributed by atoms with Gasteiger partial charge in [-0.1, -0.05) is 42.5 Å². The third-order valence-electron chi connectivity index (χ3n) is 5.53. The Kier molecular flexibility index (Phi) is 5.21. The number of aryl methyl sites for hydroxylation is 1. The number of benzene rings is 3. The van der Waals surface area contributed by atoms with Crippen LogP contribution < -0.4 is 4.74 Å². The highest BCUT2D eigenvalue weighted by atomic mass is 16.5. The van der Waals surface area contributed by atoms with Crippen molar-refractivity contribution in [1.29, 1.82) is 0 Å². The Balaban J connectivity index is 1.46. The summed E-state index contributed by atoms with van der Waals surface area (Å²) in [4.78, 5) is 29.6. The minimum absolute atomic E-state index is 0.0194. The topological polar surface area (TPSA) is 49.9 Å². The molecule has 0 N–H and O–H groups in total. The highest BCUT2D eigenvalue weighted by Crippen LogP contribution is 2.22. The van der Waals surface area contributed by atoms with E-state index in [1.165, 1.54) is 0 Å². The van der Waals surface area contributed by atoms with Gasteiger partial charge in [-0.2, -0.15) is 0 Å². The van der Waals surface area contributed by atoms with Gasteiger partial charge in [-0.3, -0.25) is 9.59 Å². The van der Waals surface area contributed by atoms with Gasteiger partial charge in [0.2, 0.25) is 0 Å². The Morgan fingerprint density at radius 1 is 0.828 bits per heavy atom. The number of rotatable bonds is 3. The van der Waals surface area contributed by atoms with Crippen molar-refractivity contribution in [3.63, 3.8) is 0 Å². The van der Waals surface area contributed by atoms with Crippen LogP contribution in [-0.2, 0) is 0 Å². The lowest BCUT2D eigenvalue weighted by atomic mass is 10.0. The van der Waals surface area contributed by atoms with Crippen LogP contribution >= 0.6 is 0 Å². The van der Waals surface area contributed by atoms with Crippen LogP contribution in [0.3, 0.4) is 0 Å². The van der Waals surface area contributed by atoms with Crippen molar-refractivity contribution in [3.05, 3.63) is 77.4 Å². The number of carbonyl (C=O) groups excluding carboxylic acids is 2. The van der Waals surface area contributed by atoms with Crippen molar-refractivity contribution in [2.75, 3.05) is 33.3 Å². The molecule has 0 aromatic heterocycles. The molecular formula is C24H24N2O3. The lowest BCUT2D eigenvalue weighted by molar-refractivity contribution is 0.0536. The van der Waals surface area contributed by atoms with Gasteiger partial charge in [0.1, 0.15) is 5.75 Å². The number of nitrogens with zero attached hydrogens (tertiary/aromatic N) is 2. The number of ether oxygens (including phenoxy) is 1. The van der Waals surface area contributed by atoms with E-state index in [2.05, 4.69) is 0 Å². The number of piperazine rings is 1. The normalized spacial score (nSPS) is 14.1. The summed E-state index contributed by atoms with van der Waals surface area (Å²) in [5.74, 6) is 0.701. The minimum Gasteiger partial charge on any atom is -0.496 e. The van der Waals surface area contributed by atoms with E-state index < -0.39 is 0 Å². The van der Waals surface area contributed by atoms with Gasteiger partial charge in [0.15, 0.2) is 0 Å². The van der Waals surface area contributed by atoms with E-state index in [0.29, 0.717) is 43.1 Å². The Labute approximate surface area is 170 Å². The maximum absolute atomic E-state index is 13.1. The Bertz CT molecular complexity index is 1060. The molecule has 0 spiro atoms. The van der Waals surface area contributed by atoms with Crippen LogP contribution in [0.4, 0.5) is 0 Å². The van der Waals surface area contributed by atoms with Crippen LogP contribution in [0.1, 0.15) is 26.3 Å². The molecule has 2 amide bonds. The van der Waals surface area contributed by atoms with E-state index in [1.54, 1.807) is 18.1 Å². The lowest BCUT2D eigenvalue weighted by Gasteiger charge is -2.35. The highest BCUT2D eigenvalue weighted by Gasteiger charge is 2.26. The average molecular weight is 388 g/mol. The van der Waals surface area contributed by atoms with Crippen LogP contribution in [0, 0.1) is 6.92 Å². The van der Waals surface area contributed by atoms with Crippen molar-refractivity contribution in [3.8, 4) is 5.75 Å². The molecule has 1 heterocycles. The molecule has 1 aliphatic heterocycles. The summed E-state index contributed by atoms with van der Waals surface area (Å²) < 4.78 is 5.33. The smallest absolute Gasteiger partial charge is 0.254 e. The van der Waals surface area contributed by atoms with Gasteiger partial charge in [0.25, 0.3) is 11.8 Å². The van der Waals surface area contributed by atoms with Gasteiger partial charge in [-0.25, -0.2) is 0 Å².